The molecule has 0 unspecified atom stereocenters. The van der Waals surface area contributed by atoms with Crippen LogP contribution in [0.1, 0.15) is 27.3 Å². The van der Waals surface area contributed by atoms with E-state index >= 15 is 0 Å². The van der Waals surface area contributed by atoms with Crippen LogP contribution in [0.4, 0.5) is 5.69 Å². The van der Waals surface area contributed by atoms with Gasteiger partial charge in [-0.1, -0.05) is 23.7 Å². The van der Waals surface area contributed by atoms with Gasteiger partial charge in [-0.2, -0.15) is 9.40 Å². The number of nitrogens with zero attached hydrogens (tertiary/aromatic N) is 3. The van der Waals surface area contributed by atoms with Crippen molar-refractivity contribution in [2.24, 2.45) is 0 Å². The number of aromatic nitrogens is 2. The molecule has 2 aromatic carbocycles. The number of anilines is 1. The van der Waals surface area contributed by atoms with Crippen molar-refractivity contribution in [3.05, 3.63) is 76.1 Å². The van der Waals surface area contributed by atoms with E-state index in [-0.39, 0.29) is 10.8 Å². The van der Waals surface area contributed by atoms with Crippen molar-refractivity contribution < 1.29 is 17.9 Å². The summed E-state index contributed by atoms with van der Waals surface area (Å²) in [4.78, 5) is 12.7. The van der Waals surface area contributed by atoms with Gasteiger partial charge in [0.2, 0.25) is 10.0 Å². The van der Waals surface area contributed by atoms with Gasteiger partial charge in [-0.3, -0.25) is 9.48 Å². The molecule has 1 saturated heterocycles. The Morgan fingerprint density at radius 1 is 1.06 bits per heavy atom. The van der Waals surface area contributed by atoms with Crippen LogP contribution in [-0.2, 0) is 21.3 Å². The fraction of sp³-hybridized carbons (Fsp3) is 0.304. The number of rotatable bonds is 6. The molecule has 1 aliphatic heterocycles. The first kappa shape index (κ1) is 23.4. The summed E-state index contributed by atoms with van der Waals surface area (Å²) >= 11 is 5.88. The van der Waals surface area contributed by atoms with E-state index in [0.29, 0.717) is 60.5 Å². The molecule has 0 aliphatic carbocycles. The molecule has 0 atom stereocenters. The zero-order chi connectivity index (χ0) is 23.6. The first-order chi connectivity index (χ1) is 15.8. The highest BCUT2D eigenvalue weighted by Gasteiger charge is 2.32. The Morgan fingerprint density at radius 2 is 1.70 bits per heavy atom. The molecule has 10 heteroatoms. The molecule has 0 saturated carbocycles. The second kappa shape index (κ2) is 9.64. The maximum Gasteiger partial charge on any atom is 0.255 e. The second-order valence-electron chi connectivity index (χ2n) is 7.83. The smallest absolute Gasteiger partial charge is 0.255 e. The molecule has 33 heavy (non-hydrogen) atoms. The molecule has 1 aromatic heterocycles. The molecule has 0 radical (unpaired) electrons. The van der Waals surface area contributed by atoms with Crippen LogP contribution in [0.3, 0.4) is 0 Å². The van der Waals surface area contributed by atoms with Gasteiger partial charge in [-0.25, -0.2) is 8.42 Å². The Morgan fingerprint density at radius 3 is 2.33 bits per heavy atom. The van der Waals surface area contributed by atoms with Gasteiger partial charge in [0.05, 0.1) is 31.1 Å². The van der Waals surface area contributed by atoms with E-state index in [1.165, 1.54) is 4.31 Å². The van der Waals surface area contributed by atoms with Gasteiger partial charge >= 0.3 is 0 Å². The van der Waals surface area contributed by atoms with Crippen LogP contribution in [0.2, 0.25) is 5.02 Å². The highest BCUT2D eigenvalue weighted by atomic mass is 35.5. The van der Waals surface area contributed by atoms with Crippen molar-refractivity contribution >= 4 is 33.2 Å². The van der Waals surface area contributed by atoms with E-state index in [9.17, 15) is 13.2 Å². The van der Waals surface area contributed by atoms with E-state index < -0.39 is 10.0 Å². The van der Waals surface area contributed by atoms with E-state index in [0.717, 1.165) is 5.56 Å². The fourth-order valence-electron chi connectivity index (χ4n) is 3.79. The third-order valence-electron chi connectivity index (χ3n) is 5.53. The SMILES string of the molecule is Cc1nn(Cc2ccc(C(=O)Nc3ccc(Cl)cc3)cc2)c(C)c1S(=O)(=O)N1CCOCC1. The lowest BCUT2D eigenvalue weighted by Gasteiger charge is -2.26. The molecule has 8 nitrogen and oxygen atoms in total. The summed E-state index contributed by atoms with van der Waals surface area (Å²) in [5.41, 5.74) is 3.13. The molecule has 0 bridgehead atoms. The zero-order valence-corrected chi connectivity index (χ0v) is 20.0. The standard InChI is InChI=1S/C23H25ClN4O4S/c1-16-22(33(30,31)27-11-13-32-14-12-27)17(2)28(26-16)15-18-3-5-19(6-4-18)23(29)25-21-9-7-20(24)8-10-21/h3-10H,11-15H2,1-2H3,(H,25,29). The number of aryl methyl sites for hydroxylation is 1. The summed E-state index contributed by atoms with van der Waals surface area (Å²) in [6.07, 6.45) is 0. The molecule has 1 amide bonds. The van der Waals surface area contributed by atoms with Crippen molar-refractivity contribution in [1.82, 2.24) is 14.1 Å². The Hall–Kier alpha value is -2.72. The van der Waals surface area contributed by atoms with Gasteiger partial charge < -0.3 is 10.1 Å². The number of amides is 1. The first-order valence-corrected chi connectivity index (χ1v) is 12.4. The minimum atomic E-state index is -3.64. The van der Waals surface area contributed by atoms with Crippen LogP contribution >= 0.6 is 11.6 Å². The van der Waals surface area contributed by atoms with E-state index in [2.05, 4.69) is 10.4 Å². The van der Waals surface area contributed by atoms with Crippen molar-refractivity contribution in [1.29, 1.82) is 0 Å². The second-order valence-corrected chi connectivity index (χ2v) is 10.1. The summed E-state index contributed by atoms with van der Waals surface area (Å²) in [6.45, 7) is 5.33. The largest absolute Gasteiger partial charge is 0.379 e. The van der Waals surface area contributed by atoms with Crippen LogP contribution in [-0.4, -0.2) is 54.7 Å². The van der Waals surface area contributed by atoms with Gasteiger partial charge in [0.15, 0.2) is 0 Å². The van der Waals surface area contributed by atoms with Gasteiger partial charge in [-0.05, 0) is 55.8 Å². The molecule has 1 fully saturated rings. The number of benzene rings is 2. The lowest BCUT2D eigenvalue weighted by Crippen LogP contribution is -2.41. The third-order valence-corrected chi connectivity index (χ3v) is 7.94. The Labute approximate surface area is 198 Å². The number of nitrogens with one attached hydrogen (secondary N) is 1. The van der Waals surface area contributed by atoms with E-state index in [4.69, 9.17) is 16.3 Å². The van der Waals surface area contributed by atoms with Crippen molar-refractivity contribution in [3.63, 3.8) is 0 Å². The van der Waals surface area contributed by atoms with Crippen molar-refractivity contribution in [2.75, 3.05) is 31.6 Å². The highest BCUT2D eigenvalue weighted by Crippen LogP contribution is 2.25. The van der Waals surface area contributed by atoms with Crippen LogP contribution in [0, 0.1) is 13.8 Å². The Bertz CT molecular complexity index is 1250. The van der Waals surface area contributed by atoms with Gasteiger partial charge in [0, 0.05) is 29.4 Å². The van der Waals surface area contributed by atoms with Crippen LogP contribution in [0.15, 0.2) is 53.4 Å². The molecular weight excluding hydrogens is 464 g/mol. The topological polar surface area (TPSA) is 93.5 Å². The Balaban J connectivity index is 1.49. The quantitative estimate of drug-likeness (QED) is 0.573. The number of carbonyl (C=O) groups excluding carboxylic acids is 1. The molecular formula is C23H25ClN4O4S. The van der Waals surface area contributed by atoms with E-state index in [1.807, 2.05) is 12.1 Å². The lowest BCUT2D eigenvalue weighted by molar-refractivity contribution is 0.0730. The molecule has 1 aliphatic rings. The summed E-state index contributed by atoms with van der Waals surface area (Å²) in [6, 6.07) is 14.0. The average Bonchev–Trinajstić information content (AvgIpc) is 3.09. The van der Waals surface area contributed by atoms with Crippen LogP contribution in [0.5, 0.6) is 0 Å². The predicted molar refractivity (Wildman–Crippen MR) is 126 cm³/mol. The van der Waals surface area contributed by atoms with Crippen molar-refractivity contribution in [2.45, 2.75) is 25.3 Å². The van der Waals surface area contributed by atoms with E-state index in [1.54, 1.807) is 54.9 Å². The van der Waals surface area contributed by atoms with Crippen LogP contribution < -0.4 is 5.32 Å². The number of hydrogen-bond acceptors (Lipinski definition) is 5. The minimum Gasteiger partial charge on any atom is -0.379 e. The molecule has 2 heterocycles. The number of sulfonamides is 1. The number of halogens is 1. The van der Waals surface area contributed by atoms with Gasteiger partial charge in [0.25, 0.3) is 5.91 Å². The Kier molecular flexibility index (Phi) is 6.85. The van der Waals surface area contributed by atoms with Crippen molar-refractivity contribution in [3.8, 4) is 0 Å². The first-order valence-electron chi connectivity index (χ1n) is 10.5. The maximum atomic E-state index is 13.1. The monoisotopic (exact) mass is 488 g/mol. The molecule has 174 valence electrons. The summed E-state index contributed by atoms with van der Waals surface area (Å²) in [5, 5.41) is 7.90. The average molecular weight is 489 g/mol. The summed E-state index contributed by atoms with van der Waals surface area (Å²) < 4.78 is 34.7. The number of carbonyl (C=O) groups is 1. The predicted octanol–water partition coefficient (Wildman–Crippen LogP) is 3.47. The number of morpholine rings is 1. The maximum absolute atomic E-state index is 13.1. The zero-order valence-electron chi connectivity index (χ0n) is 18.4. The normalized spacial score (nSPS) is 14.9. The highest BCUT2D eigenvalue weighted by molar-refractivity contribution is 7.89. The third kappa shape index (κ3) is 5.11. The molecule has 1 N–H and O–H groups in total. The molecule has 0 spiro atoms. The fourth-order valence-corrected chi connectivity index (χ4v) is 5.70. The van der Waals surface area contributed by atoms with Gasteiger partial charge in [0.1, 0.15) is 4.90 Å². The lowest BCUT2D eigenvalue weighted by atomic mass is 10.1. The van der Waals surface area contributed by atoms with Crippen LogP contribution in [0.25, 0.3) is 0 Å². The molecule has 4 rings (SSSR count). The molecule has 3 aromatic rings. The summed E-state index contributed by atoms with van der Waals surface area (Å²) in [7, 11) is -3.64. The van der Waals surface area contributed by atoms with Gasteiger partial charge in [-0.15, -0.1) is 0 Å². The number of ether oxygens (including phenoxy) is 1. The number of hydrogen-bond donors (Lipinski definition) is 1. The minimum absolute atomic E-state index is 0.228. The summed E-state index contributed by atoms with van der Waals surface area (Å²) in [5.74, 6) is -0.228.